The second-order valence-electron chi connectivity index (χ2n) is 5.10. The summed E-state index contributed by atoms with van der Waals surface area (Å²) in [6, 6.07) is 5.51. The van der Waals surface area contributed by atoms with E-state index in [0.717, 1.165) is 18.4 Å². The van der Waals surface area contributed by atoms with Crippen molar-refractivity contribution in [1.82, 2.24) is 5.16 Å². The Kier molecular flexibility index (Phi) is 3.48. The Morgan fingerprint density at radius 3 is 2.82 bits per heavy atom. The number of anilines is 2. The second kappa shape index (κ2) is 5.20. The van der Waals surface area contributed by atoms with E-state index in [-0.39, 0.29) is 16.5 Å². The van der Waals surface area contributed by atoms with E-state index < -0.39 is 10.0 Å². The van der Waals surface area contributed by atoms with Crippen LogP contribution in [0.5, 0.6) is 5.75 Å². The fourth-order valence-corrected chi connectivity index (χ4v) is 4.53. The van der Waals surface area contributed by atoms with Gasteiger partial charge in [0.25, 0.3) is 10.0 Å². The summed E-state index contributed by atoms with van der Waals surface area (Å²) in [4.78, 5) is -0.0775. The Labute approximate surface area is 128 Å². The summed E-state index contributed by atoms with van der Waals surface area (Å²) in [6.07, 6.45) is 1.53. The molecule has 8 heteroatoms. The second-order valence-corrected chi connectivity index (χ2v) is 6.90. The highest BCUT2D eigenvalue weighted by atomic mass is 32.2. The van der Waals surface area contributed by atoms with Crippen LogP contribution in [-0.2, 0) is 16.4 Å². The van der Waals surface area contributed by atoms with Crippen LogP contribution in [0.3, 0.4) is 0 Å². The lowest BCUT2D eigenvalue weighted by molar-refractivity contribution is 0.396. The van der Waals surface area contributed by atoms with Crippen LogP contribution in [-0.4, -0.2) is 27.2 Å². The number of nitrogens with two attached hydrogens (primary N) is 1. The van der Waals surface area contributed by atoms with Gasteiger partial charge in [0, 0.05) is 6.54 Å². The molecule has 118 valence electrons. The lowest BCUT2D eigenvalue weighted by Gasteiger charge is -2.31. The van der Waals surface area contributed by atoms with E-state index in [1.165, 1.54) is 18.3 Å². The minimum Gasteiger partial charge on any atom is -0.495 e. The van der Waals surface area contributed by atoms with E-state index in [4.69, 9.17) is 15.0 Å². The Balaban J connectivity index is 2.20. The smallest absolute Gasteiger partial charge is 0.271 e. The number of sulfonamides is 1. The van der Waals surface area contributed by atoms with Crippen molar-refractivity contribution in [3.63, 3.8) is 0 Å². The Bertz CT molecular complexity index is 780. The third-order valence-corrected chi connectivity index (χ3v) is 5.70. The quantitative estimate of drug-likeness (QED) is 0.923. The van der Waals surface area contributed by atoms with Crippen LogP contribution >= 0.6 is 0 Å². The predicted molar refractivity (Wildman–Crippen MR) is 81.5 cm³/mol. The summed E-state index contributed by atoms with van der Waals surface area (Å²) in [5.74, 6) is 0.576. The number of fused-ring (bicyclic) bond motifs is 1. The van der Waals surface area contributed by atoms with Gasteiger partial charge in [-0.05, 0) is 31.4 Å². The standard InChI is InChI=1S/C14H17N3O4S/c1-9-13(14(15)16-21-9)22(18,19)17-8-4-6-10-5-3-7-11(20-2)12(10)17/h3,5,7H,4,6,8H2,1-2H3,(H2,15,16). The normalized spacial score (nSPS) is 14.7. The molecule has 22 heavy (non-hydrogen) atoms. The summed E-state index contributed by atoms with van der Waals surface area (Å²) in [5, 5.41) is 3.54. The molecule has 0 spiro atoms. The molecule has 3 rings (SSSR count). The minimum atomic E-state index is -3.85. The molecule has 0 aliphatic carbocycles. The number of methoxy groups -OCH3 is 1. The van der Waals surface area contributed by atoms with E-state index in [1.54, 1.807) is 6.07 Å². The van der Waals surface area contributed by atoms with Gasteiger partial charge in [0.05, 0.1) is 12.8 Å². The summed E-state index contributed by atoms with van der Waals surface area (Å²) >= 11 is 0. The molecule has 1 aliphatic heterocycles. The lowest BCUT2D eigenvalue weighted by atomic mass is 10.0. The zero-order valence-corrected chi connectivity index (χ0v) is 13.2. The van der Waals surface area contributed by atoms with E-state index in [0.29, 0.717) is 18.0 Å². The van der Waals surface area contributed by atoms with Crippen LogP contribution in [0, 0.1) is 6.92 Å². The third-order valence-electron chi connectivity index (χ3n) is 3.74. The van der Waals surface area contributed by atoms with Crippen molar-refractivity contribution in [2.24, 2.45) is 0 Å². The molecule has 0 saturated heterocycles. The summed E-state index contributed by atoms with van der Waals surface area (Å²) in [6.45, 7) is 1.89. The molecule has 2 N–H and O–H groups in total. The minimum absolute atomic E-state index is 0.0775. The van der Waals surface area contributed by atoms with Gasteiger partial charge < -0.3 is 15.0 Å². The summed E-state index contributed by atoms with van der Waals surface area (Å²) in [5.41, 5.74) is 7.18. The summed E-state index contributed by atoms with van der Waals surface area (Å²) < 4.78 is 37.6. The number of nitrogens with zero attached hydrogens (tertiary/aromatic N) is 2. The molecular weight excluding hydrogens is 306 g/mol. The Morgan fingerprint density at radius 1 is 1.41 bits per heavy atom. The Morgan fingerprint density at radius 2 is 2.18 bits per heavy atom. The fourth-order valence-electron chi connectivity index (χ4n) is 2.79. The SMILES string of the molecule is COc1cccc2c1N(S(=O)(=O)c1c(N)noc1C)CCC2. The molecule has 0 fully saturated rings. The van der Waals surface area contributed by atoms with Crippen molar-refractivity contribution in [3.05, 3.63) is 29.5 Å². The highest BCUT2D eigenvalue weighted by Gasteiger charge is 2.36. The number of aromatic nitrogens is 1. The van der Waals surface area contributed by atoms with Crippen molar-refractivity contribution < 1.29 is 17.7 Å². The van der Waals surface area contributed by atoms with Gasteiger partial charge in [-0.3, -0.25) is 4.31 Å². The first-order valence-corrected chi connectivity index (χ1v) is 8.31. The lowest BCUT2D eigenvalue weighted by Crippen LogP contribution is -2.36. The number of para-hydroxylation sites is 1. The van der Waals surface area contributed by atoms with E-state index in [1.807, 2.05) is 12.1 Å². The van der Waals surface area contributed by atoms with Crippen LogP contribution in [0.4, 0.5) is 11.5 Å². The molecule has 0 unspecified atom stereocenters. The van der Waals surface area contributed by atoms with Crippen molar-refractivity contribution in [2.75, 3.05) is 23.7 Å². The first-order valence-electron chi connectivity index (χ1n) is 6.87. The average Bonchev–Trinajstić information content (AvgIpc) is 2.85. The van der Waals surface area contributed by atoms with Crippen molar-refractivity contribution in [3.8, 4) is 5.75 Å². The van der Waals surface area contributed by atoms with Gasteiger partial charge in [-0.15, -0.1) is 0 Å². The average molecular weight is 323 g/mol. The maximum Gasteiger partial charge on any atom is 0.271 e. The molecule has 1 aromatic carbocycles. The van der Waals surface area contributed by atoms with E-state index in [2.05, 4.69) is 5.16 Å². The number of ether oxygens (including phenoxy) is 1. The largest absolute Gasteiger partial charge is 0.495 e. The molecule has 7 nitrogen and oxygen atoms in total. The highest BCUT2D eigenvalue weighted by molar-refractivity contribution is 7.93. The Hall–Kier alpha value is -2.22. The van der Waals surface area contributed by atoms with Crippen LogP contribution in [0.1, 0.15) is 17.7 Å². The number of hydrogen-bond acceptors (Lipinski definition) is 6. The number of hydrogen-bond donors (Lipinski definition) is 1. The molecule has 0 amide bonds. The van der Waals surface area contributed by atoms with Crippen molar-refractivity contribution >= 4 is 21.5 Å². The van der Waals surface area contributed by atoms with Crippen LogP contribution in [0.2, 0.25) is 0 Å². The van der Waals surface area contributed by atoms with Gasteiger partial charge in [-0.1, -0.05) is 17.3 Å². The third kappa shape index (κ3) is 2.10. The van der Waals surface area contributed by atoms with Gasteiger partial charge in [0.2, 0.25) is 0 Å². The van der Waals surface area contributed by atoms with E-state index in [9.17, 15) is 8.42 Å². The van der Waals surface area contributed by atoms with Gasteiger partial charge in [0.1, 0.15) is 5.75 Å². The molecule has 2 heterocycles. The molecule has 1 aromatic heterocycles. The van der Waals surface area contributed by atoms with Crippen molar-refractivity contribution in [2.45, 2.75) is 24.7 Å². The van der Waals surface area contributed by atoms with Gasteiger partial charge >= 0.3 is 0 Å². The first-order chi connectivity index (χ1) is 10.5. The molecule has 1 aliphatic rings. The fraction of sp³-hybridized carbons (Fsp3) is 0.357. The van der Waals surface area contributed by atoms with Gasteiger partial charge in [-0.25, -0.2) is 8.42 Å². The van der Waals surface area contributed by atoms with Crippen LogP contribution in [0.15, 0.2) is 27.6 Å². The predicted octanol–water partition coefficient (Wildman–Crippen LogP) is 1.72. The van der Waals surface area contributed by atoms with Crippen LogP contribution < -0.4 is 14.8 Å². The topological polar surface area (TPSA) is 98.7 Å². The monoisotopic (exact) mass is 323 g/mol. The maximum absolute atomic E-state index is 13.0. The van der Waals surface area contributed by atoms with Crippen molar-refractivity contribution in [1.29, 1.82) is 0 Å². The van der Waals surface area contributed by atoms with Gasteiger partial charge in [0.15, 0.2) is 16.5 Å². The number of rotatable bonds is 3. The number of benzene rings is 1. The first kappa shape index (κ1) is 14.7. The number of aryl methyl sites for hydroxylation is 2. The van der Waals surface area contributed by atoms with Crippen LogP contribution in [0.25, 0.3) is 0 Å². The molecule has 2 aromatic rings. The molecule has 0 saturated carbocycles. The number of nitrogen functional groups attached to an aromatic ring is 1. The summed E-state index contributed by atoms with van der Waals surface area (Å²) in [7, 11) is -2.33. The zero-order valence-electron chi connectivity index (χ0n) is 12.4. The highest BCUT2D eigenvalue weighted by Crippen LogP contribution is 2.40. The molecule has 0 bridgehead atoms. The molecule has 0 atom stereocenters. The maximum atomic E-state index is 13.0. The van der Waals surface area contributed by atoms with Gasteiger partial charge in [-0.2, -0.15) is 0 Å². The zero-order chi connectivity index (χ0) is 15.9. The molecule has 0 radical (unpaired) electrons. The van der Waals surface area contributed by atoms with E-state index >= 15 is 0 Å². The molecular formula is C14H17N3O4S.